The van der Waals surface area contributed by atoms with Gasteiger partial charge in [0.1, 0.15) is 0 Å². The summed E-state index contributed by atoms with van der Waals surface area (Å²) in [5, 5.41) is 20.8. The van der Waals surface area contributed by atoms with Gasteiger partial charge in [0.25, 0.3) is 0 Å². The van der Waals surface area contributed by atoms with E-state index in [2.05, 4.69) is 5.32 Å². The van der Waals surface area contributed by atoms with E-state index in [9.17, 15) is 14.7 Å². The van der Waals surface area contributed by atoms with Crippen LogP contribution in [0.3, 0.4) is 0 Å². The molecule has 0 aliphatic carbocycles. The quantitative estimate of drug-likeness (QED) is 0.697. The second kappa shape index (κ2) is 7.99. The van der Waals surface area contributed by atoms with Gasteiger partial charge in [-0.05, 0) is 19.3 Å². The predicted octanol–water partition coefficient (Wildman–Crippen LogP) is 1.04. The van der Waals surface area contributed by atoms with Crippen LogP contribution in [0.1, 0.15) is 39.0 Å². The number of hydrogen-bond acceptors (Lipinski definition) is 3. The number of aliphatic hydroxyl groups is 1. The molecule has 1 fully saturated rings. The average molecular weight is 272 g/mol. The number of nitrogens with zero attached hydrogens (tertiary/aromatic N) is 1. The number of carboxylic acids is 1. The third kappa shape index (κ3) is 5.06. The lowest BCUT2D eigenvalue weighted by atomic mass is 10.1. The molecule has 0 bridgehead atoms. The third-order valence-corrected chi connectivity index (χ3v) is 3.62. The summed E-state index contributed by atoms with van der Waals surface area (Å²) < 4.78 is 0. The van der Waals surface area contributed by atoms with Gasteiger partial charge in [0.05, 0.1) is 18.6 Å². The van der Waals surface area contributed by atoms with E-state index in [1.807, 2.05) is 0 Å². The maximum absolute atomic E-state index is 12.0. The summed E-state index contributed by atoms with van der Waals surface area (Å²) in [4.78, 5) is 24.4. The second-order valence-corrected chi connectivity index (χ2v) is 5.14. The Hall–Kier alpha value is -1.30. The van der Waals surface area contributed by atoms with Gasteiger partial charge < -0.3 is 20.4 Å². The Balaban J connectivity index is 2.39. The molecule has 0 aromatic carbocycles. The zero-order chi connectivity index (χ0) is 14.3. The number of carbonyl (C=O) groups is 2. The van der Waals surface area contributed by atoms with Crippen LogP contribution in [0.25, 0.3) is 0 Å². The fourth-order valence-corrected chi connectivity index (χ4v) is 2.26. The number of hydrogen-bond donors (Lipinski definition) is 3. The minimum atomic E-state index is -0.850. The van der Waals surface area contributed by atoms with Crippen LogP contribution in [0.2, 0.25) is 0 Å². The predicted molar refractivity (Wildman–Crippen MR) is 70.9 cm³/mol. The van der Waals surface area contributed by atoms with Crippen molar-refractivity contribution in [2.24, 2.45) is 5.92 Å². The first-order valence-corrected chi connectivity index (χ1v) is 6.94. The molecule has 1 aliphatic rings. The monoisotopic (exact) mass is 272 g/mol. The maximum Gasteiger partial charge on any atom is 0.317 e. The molecule has 1 saturated heterocycles. The molecule has 1 rings (SSSR count). The molecule has 0 spiro atoms. The molecular weight excluding hydrogens is 248 g/mol. The molecule has 1 aliphatic heterocycles. The average Bonchev–Trinajstić information content (AvgIpc) is 2.63. The fraction of sp³-hybridized carbons (Fsp3) is 0.846. The molecule has 110 valence electrons. The highest BCUT2D eigenvalue weighted by molar-refractivity contribution is 5.74. The lowest BCUT2D eigenvalue weighted by Gasteiger charge is -2.28. The lowest BCUT2D eigenvalue weighted by molar-refractivity contribution is -0.141. The highest BCUT2D eigenvalue weighted by atomic mass is 16.4. The first kappa shape index (κ1) is 15.8. The third-order valence-electron chi connectivity index (χ3n) is 3.62. The van der Waals surface area contributed by atoms with E-state index in [0.717, 1.165) is 25.7 Å². The topological polar surface area (TPSA) is 89.9 Å². The van der Waals surface area contributed by atoms with Crippen molar-refractivity contribution in [3.63, 3.8) is 0 Å². The van der Waals surface area contributed by atoms with E-state index in [4.69, 9.17) is 5.11 Å². The number of urea groups is 1. The van der Waals surface area contributed by atoms with Gasteiger partial charge in [0.15, 0.2) is 0 Å². The fourth-order valence-electron chi connectivity index (χ4n) is 2.26. The molecule has 3 N–H and O–H groups in total. The molecule has 6 heteroatoms. The van der Waals surface area contributed by atoms with Crippen LogP contribution in [0.5, 0.6) is 0 Å². The van der Waals surface area contributed by atoms with E-state index in [1.54, 1.807) is 11.8 Å². The Morgan fingerprint density at radius 3 is 2.74 bits per heavy atom. The Morgan fingerprint density at radius 1 is 1.37 bits per heavy atom. The van der Waals surface area contributed by atoms with Crippen LogP contribution in [-0.2, 0) is 4.79 Å². The molecule has 0 saturated carbocycles. The van der Waals surface area contributed by atoms with Gasteiger partial charge in [-0.3, -0.25) is 4.79 Å². The first-order chi connectivity index (χ1) is 9.06. The zero-order valence-corrected chi connectivity index (χ0v) is 11.5. The number of aliphatic carboxylic acids is 1. The van der Waals surface area contributed by atoms with Gasteiger partial charge in [-0.1, -0.05) is 19.8 Å². The first-order valence-electron chi connectivity index (χ1n) is 6.94. The Labute approximate surface area is 113 Å². The molecule has 0 radical (unpaired) electrons. The van der Waals surface area contributed by atoms with Crippen molar-refractivity contribution in [1.82, 2.24) is 10.2 Å². The molecule has 19 heavy (non-hydrogen) atoms. The van der Waals surface area contributed by atoms with Gasteiger partial charge in [-0.2, -0.15) is 0 Å². The molecule has 2 unspecified atom stereocenters. The van der Waals surface area contributed by atoms with Crippen molar-refractivity contribution in [3.05, 3.63) is 0 Å². The van der Waals surface area contributed by atoms with Crippen LogP contribution >= 0.6 is 0 Å². The van der Waals surface area contributed by atoms with Gasteiger partial charge in [-0.25, -0.2) is 4.79 Å². The van der Waals surface area contributed by atoms with E-state index in [0.29, 0.717) is 19.5 Å². The van der Waals surface area contributed by atoms with Gasteiger partial charge in [0.2, 0.25) is 0 Å². The van der Waals surface area contributed by atoms with Crippen molar-refractivity contribution in [2.45, 2.75) is 45.1 Å². The normalized spacial score (nSPS) is 21.6. The SMILES string of the molecule is CC(CCNC(=O)N1CCCCCC1CO)C(=O)O. The summed E-state index contributed by atoms with van der Waals surface area (Å²) in [6.07, 6.45) is 4.31. The number of likely N-dealkylation sites (tertiary alicyclic amines) is 1. The van der Waals surface area contributed by atoms with Crippen LogP contribution in [0, 0.1) is 5.92 Å². The van der Waals surface area contributed by atoms with Gasteiger partial charge in [-0.15, -0.1) is 0 Å². The maximum atomic E-state index is 12.0. The number of rotatable bonds is 5. The van der Waals surface area contributed by atoms with E-state index >= 15 is 0 Å². The zero-order valence-electron chi connectivity index (χ0n) is 11.5. The summed E-state index contributed by atoms with van der Waals surface area (Å²) in [5.74, 6) is -1.31. The molecule has 0 aromatic heterocycles. The van der Waals surface area contributed by atoms with Crippen LogP contribution in [0.4, 0.5) is 4.79 Å². The highest BCUT2D eigenvalue weighted by Gasteiger charge is 2.24. The smallest absolute Gasteiger partial charge is 0.317 e. The summed E-state index contributed by atoms with van der Waals surface area (Å²) in [6.45, 7) is 2.61. The largest absolute Gasteiger partial charge is 0.481 e. The summed E-state index contributed by atoms with van der Waals surface area (Å²) >= 11 is 0. The molecule has 2 atom stereocenters. The highest BCUT2D eigenvalue weighted by Crippen LogP contribution is 2.16. The minimum Gasteiger partial charge on any atom is -0.481 e. The standard InChI is InChI=1S/C13H24N2O4/c1-10(12(17)18)6-7-14-13(19)15-8-4-2-3-5-11(15)9-16/h10-11,16H,2-9H2,1H3,(H,14,19)(H,17,18). The minimum absolute atomic E-state index is 0.0149. The van der Waals surface area contributed by atoms with E-state index in [-0.39, 0.29) is 18.7 Å². The molecule has 6 nitrogen and oxygen atoms in total. The summed E-state index contributed by atoms with van der Waals surface area (Å²) in [7, 11) is 0. The number of aliphatic hydroxyl groups excluding tert-OH is 1. The number of nitrogens with one attached hydrogen (secondary N) is 1. The number of carboxylic acid groups (broad SMARTS) is 1. The molecule has 2 amide bonds. The van der Waals surface area contributed by atoms with Crippen molar-refractivity contribution < 1.29 is 19.8 Å². The van der Waals surface area contributed by atoms with Gasteiger partial charge in [0, 0.05) is 13.1 Å². The van der Waals surface area contributed by atoms with Crippen LogP contribution in [-0.4, -0.2) is 52.9 Å². The van der Waals surface area contributed by atoms with Crippen molar-refractivity contribution in [3.8, 4) is 0 Å². The van der Waals surface area contributed by atoms with Crippen molar-refractivity contribution in [2.75, 3.05) is 19.7 Å². The summed E-state index contributed by atoms with van der Waals surface area (Å²) in [5.41, 5.74) is 0. The van der Waals surface area contributed by atoms with Crippen LogP contribution in [0.15, 0.2) is 0 Å². The van der Waals surface area contributed by atoms with Crippen molar-refractivity contribution >= 4 is 12.0 Å². The van der Waals surface area contributed by atoms with E-state index in [1.165, 1.54) is 0 Å². The molecule has 1 heterocycles. The second-order valence-electron chi connectivity index (χ2n) is 5.14. The number of carbonyl (C=O) groups excluding carboxylic acids is 1. The number of amides is 2. The Morgan fingerprint density at radius 2 is 2.11 bits per heavy atom. The lowest BCUT2D eigenvalue weighted by Crippen LogP contribution is -2.47. The Bertz CT molecular complexity index is 309. The Kier molecular flexibility index (Phi) is 6.62. The molecular formula is C13H24N2O4. The van der Waals surface area contributed by atoms with Crippen LogP contribution < -0.4 is 5.32 Å². The van der Waals surface area contributed by atoms with E-state index < -0.39 is 11.9 Å². The van der Waals surface area contributed by atoms with Gasteiger partial charge >= 0.3 is 12.0 Å². The summed E-state index contributed by atoms with van der Waals surface area (Å²) in [6, 6.07) is -0.307. The van der Waals surface area contributed by atoms with Crippen molar-refractivity contribution in [1.29, 1.82) is 0 Å². The molecule has 0 aromatic rings.